The van der Waals surface area contributed by atoms with E-state index in [9.17, 15) is 13.5 Å². The van der Waals surface area contributed by atoms with Gasteiger partial charge in [0, 0.05) is 20.2 Å². The van der Waals surface area contributed by atoms with E-state index in [1.165, 1.54) is 0 Å². The highest BCUT2D eigenvalue weighted by Gasteiger charge is 2.03. The Bertz CT molecular complexity index is 284. The van der Waals surface area contributed by atoms with E-state index in [0.717, 1.165) is 6.26 Å². The number of nitrogens with one attached hydrogen (secondary N) is 2. The number of methoxy groups -OCH3 is 1. The minimum atomic E-state index is -3.10. The monoisotopic (exact) mass is 284 g/mol. The van der Waals surface area contributed by atoms with Crippen LogP contribution in [0.1, 0.15) is 6.42 Å². The van der Waals surface area contributed by atoms with Gasteiger partial charge in [-0.15, -0.1) is 0 Å². The Balaban J connectivity index is 3.27. The normalized spacial score (nSPS) is 13.7. The average molecular weight is 284 g/mol. The number of sulfonamides is 1. The van der Waals surface area contributed by atoms with Crippen molar-refractivity contribution in [1.29, 1.82) is 0 Å². The minimum absolute atomic E-state index is 0.262. The number of hydrogen-bond acceptors (Lipinski definition) is 6. The summed E-state index contributed by atoms with van der Waals surface area (Å²) in [6, 6.07) is 0. The third-order valence-electron chi connectivity index (χ3n) is 2.02. The molecule has 0 aromatic carbocycles. The fourth-order valence-electron chi connectivity index (χ4n) is 1.16. The van der Waals surface area contributed by atoms with Gasteiger partial charge in [-0.1, -0.05) is 0 Å². The zero-order chi connectivity index (χ0) is 13.9. The number of aliphatic hydroxyl groups excluding tert-OH is 1. The van der Waals surface area contributed by atoms with Gasteiger partial charge in [-0.05, 0) is 13.0 Å². The standard InChI is InChI=1S/C10H24N2O5S/c1-16-6-7-17-9-10(13)8-11-4-3-5-12-18(2,14)15/h10-13H,3-9H2,1-2H3. The summed E-state index contributed by atoms with van der Waals surface area (Å²) >= 11 is 0. The van der Waals surface area contributed by atoms with E-state index in [1.807, 2.05) is 0 Å². The molecule has 0 aliphatic carbocycles. The summed E-state index contributed by atoms with van der Waals surface area (Å²) in [6.45, 7) is 2.69. The summed E-state index contributed by atoms with van der Waals surface area (Å²) in [5.74, 6) is 0. The summed E-state index contributed by atoms with van der Waals surface area (Å²) in [5.41, 5.74) is 0. The average Bonchev–Trinajstić information content (AvgIpc) is 2.28. The molecule has 0 saturated carbocycles. The molecule has 1 atom stereocenters. The van der Waals surface area contributed by atoms with E-state index in [-0.39, 0.29) is 6.61 Å². The zero-order valence-corrected chi connectivity index (χ0v) is 11.8. The number of rotatable bonds is 12. The van der Waals surface area contributed by atoms with Crippen molar-refractivity contribution < 1.29 is 23.0 Å². The molecular weight excluding hydrogens is 260 g/mol. The van der Waals surface area contributed by atoms with E-state index in [2.05, 4.69) is 10.0 Å². The second kappa shape index (κ2) is 10.7. The fourth-order valence-corrected chi connectivity index (χ4v) is 1.68. The second-order valence-corrected chi connectivity index (χ2v) is 5.78. The molecule has 0 fully saturated rings. The molecule has 0 bridgehead atoms. The van der Waals surface area contributed by atoms with Gasteiger partial charge in [0.15, 0.2) is 0 Å². The maximum absolute atomic E-state index is 10.7. The van der Waals surface area contributed by atoms with Crippen LogP contribution in [0.25, 0.3) is 0 Å². The van der Waals surface area contributed by atoms with Crippen LogP contribution in [-0.4, -0.2) is 72.4 Å². The lowest BCUT2D eigenvalue weighted by molar-refractivity contribution is 0.0139. The Morgan fingerprint density at radius 3 is 2.61 bits per heavy atom. The molecule has 0 radical (unpaired) electrons. The number of hydrogen-bond donors (Lipinski definition) is 3. The van der Waals surface area contributed by atoms with Crippen molar-refractivity contribution >= 4 is 10.0 Å². The smallest absolute Gasteiger partial charge is 0.208 e. The molecule has 0 aromatic heterocycles. The highest BCUT2D eigenvalue weighted by Crippen LogP contribution is 1.85. The minimum Gasteiger partial charge on any atom is -0.389 e. The van der Waals surface area contributed by atoms with Gasteiger partial charge in [0.05, 0.1) is 32.2 Å². The largest absolute Gasteiger partial charge is 0.389 e. The Morgan fingerprint density at radius 2 is 2.00 bits per heavy atom. The topological polar surface area (TPSA) is 96.9 Å². The molecule has 1 unspecified atom stereocenters. The lowest BCUT2D eigenvalue weighted by Crippen LogP contribution is -2.33. The SMILES string of the molecule is COCCOCC(O)CNCCCNS(C)(=O)=O. The van der Waals surface area contributed by atoms with Crippen molar-refractivity contribution in [3.05, 3.63) is 0 Å². The number of aliphatic hydroxyl groups is 1. The third-order valence-corrected chi connectivity index (χ3v) is 2.75. The highest BCUT2D eigenvalue weighted by molar-refractivity contribution is 7.88. The van der Waals surface area contributed by atoms with Crippen LogP contribution in [0.5, 0.6) is 0 Å². The van der Waals surface area contributed by atoms with Crippen molar-refractivity contribution in [2.45, 2.75) is 12.5 Å². The van der Waals surface area contributed by atoms with Crippen LogP contribution in [0, 0.1) is 0 Å². The molecule has 0 heterocycles. The van der Waals surface area contributed by atoms with Crippen LogP contribution in [0.3, 0.4) is 0 Å². The predicted octanol–water partition coefficient (Wildman–Crippen LogP) is -1.46. The fraction of sp³-hybridized carbons (Fsp3) is 1.00. The van der Waals surface area contributed by atoms with Gasteiger partial charge in [0.1, 0.15) is 0 Å². The molecule has 110 valence electrons. The molecule has 0 aliphatic heterocycles. The lowest BCUT2D eigenvalue weighted by Gasteiger charge is -2.12. The zero-order valence-electron chi connectivity index (χ0n) is 11.0. The molecule has 0 aromatic rings. The quantitative estimate of drug-likeness (QED) is 0.379. The van der Waals surface area contributed by atoms with E-state index >= 15 is 0 Å². The molecule has 0 spiro atoms. The molecular formula is C10H24N2O5S. The molecule has 18 heavy (non-hydrogen) atoms. The first kappa shape index (κ1) is 17.8. The number of ether oxygens (including phenoxy) is 2. The molecule has 8 heteroatoms. The molecule has 0 saturated heterocycles. The summed E-state index contributed by atoms with van der Waals surface area (Å²) < 4.78 is 33.8. The van der Waals surface area contributed by atoms with Gasteiger partial charge in [-0.3, -0.25) is 0 Å². The van der Waals surface area contributed by atoms with Crippen molar-refractivity contribution in [2.24, 2.45) is 0 Å². The van der Waals surface area contributed by atoms with Crippen LogP contribution in [0.15, 0.2) is 0 Å². The maximum atomic E-state index is 10.7. The van der Waals surface area contributed by atoms with Gasteiger partial charge in [-0.2, -0.15) is 0 Å². The van der Waals surface area contributed by atoms with Crippen molar-refractivity contribution in [3.8, 4) is 0 Å². The highest BCUT2D eigenvalue weighted by atomic mass is 32.2. The first-order valence-corrected chi connectivity index (χ1v) is 7.75. The van der Waals surface area contributed by atoms with Crippen LogP contribution in [0.4, 0.5) is 0 Å². The summed E-state index contributed by atoms with van der Waals surface area (Å²) in [4.78, 5) is 0. The van der Waals surface area contributed by atoms with Gasteiger partial charge < -0.3 is 19.9 Å². The summed E-state index contributed by atoms with van der Waals surface area (Å²) in [5, 5.41) is 12.5. The van der Waals surface area contributed by atoms with Gasteiger partial charge in [-0.25, -0.2) is 13.1 Å². The van der Waals surface area contributed by atoms with E-state index in [4.69, 9.17) is 9.47 Å². The van der Waals surface area contributed by atoms with Crippen molar-refractivity contribution in [3.63, 3.8) is 0 Å². The summed E-state index contributed by atoms with van der Waals surface area (Å²) in [6.07, 6.45) is 1.23. The van der Waals surface area contributed by atoms with Crippen LogP contribution < -0.4 is 10.0 Å². The molecule has 7 nitrogen and oxygen atoms in total. The van der Waals surface area contributed by atoms with Gasteiger partial charge in [0.2, 0.25) is 10.0 Å². The summed E-state index contributed by atoms with van der Waals surface area (Å²) in [7, 11) is -1.51. The first-order chi connectivity index (χ1) is 8.45. The molecule has 0 amide bonds. The third kappa shape index (κ3) is 13.8. The van der Waals surface area contributed by atoms with Crippen LogP contribution in [-0.2, 0) is 19.5 Å². The lowest BCUT2D eigenvalue weighted by atomic mass is 10.3. The molecule has 3 N–H and O–H groups in total. The van der Waals surface area contributed by atoms with Crippen LogP contribution >= 0.6 is 0 Å². The van der Waals surface area contributed by atoms with E-state index < -0.39 is 16.1 Å². The van der Waals surface area contributed by atoms with Crippen molar-refractivity contribution in [1.82, 2.24) is 10.0 Å². The first-order valence-electron chi connectivity index (χ1n) is 5.86. The Hall–Kier alpha value is -0.250. The molecule has 0 rings (SSSR count). The van der Waals surface area contributed by atoms with Gasteiger partial charge in [0.25, 0.3) is 0 Å². The molecule has 0 aliphatic rings. The Labute approximate surface area is 109 Å². The Morgan fingerprint density at radius 1 is 1.28 bits per heavy atom. The predicted molar refractivity (Wildman–Crippen MR) is 69.0 cm³/mol. The van der Waals surface area contributed by atoms with Crippen LogP contribution in [0.2, 0.25) is 0 Å². The second-order valence-electron chi connectivity index (χ2n) is 3.95. The van der Waals surface area contributed by atoms with E-state index in [0.29, 0.717) is 39.3 Å². The van der Waals surface area contributed by atoms with Gasteiger partial charge >= 0.3 is 0 Å². The Kier molecular flexibility index (Phi) is 10.5. The van der Waals surface area contributed by atoms with E-state index in [1.54, 1.807) is 7.11 Å². The maximum Gasteiger partial charge on any atom is 0.208 e. The van der Waals surface area contributed by atoms with Crippen molar-refractivity contribution in [2.75, 3.05) is 52.8 Å².